The Morgan fingerprint density at radius 1 is 1.07 bits per heavy atom. The molecule has 27 heavy (non-hydrogen) atoms. The lowest BCUT2D eigenvalue weighted by Gasteiger charge is -2.21. The number of nitrogens with one attached hydrogen (secondary N) is 1. The van der Waals surface area contributed by atoms with E-state index in [9.17, 15) is 9.59 Å². The van der Waals surface area contributed by atoms with Crippen LogP contribution in [-0.2, 0) is 9.59 Å². The fraction of sp³-hybridized carbons (Fsp3) is 0.364. The maximum absolute atomic E-state index is 12.3. The molecule has 2 aromatic rings. The standard InChI is InChI=1S/C22H28N2O3/c1-15(2)27-20-9-7-19(8-10-20)24(18(5)25)13-12-22(26)23-21-11-6-16(3)14-17(21)4/h6-11,14-15H,12-13H2,1-5H3,(H,23,26). The zero-order valence-corrected chi connectivity index (χ0v) is 16.7. The van der Waals surface area contributed by atoms with Crippen molar-refractivity contribution in [1.29, 1.82) is 0 Å². The summed E-state index contributed by atoms with van der Waals surface area (Å²) in [5.74, 6) is 0.532. The largest absolute Gasteiger partial charge is 0.491 e. The van der Waals surface area contributed by atoms with Gasteiger partial charge in [0.05, 0.1) is 6.10 Å². The fourth-order valence-electron chi connectivity index (χ4n) is 2.83. The first-order valence-electron chi connectivity index (χ1n) is 9.18. The van der Waals surface area contributed by atoms with Crippen molar-refractivity contribution in [2.24, 2.45) is 0 Å². The molecule has 144 valence electrons. The Hall–Kier alpha value is -2.82. The molecule has 2 amide bonds. The predicted molar refractivity (Wildman–Crippen MR) is 109 cm³/mol. The molecular formula is C22H28N2O3. The van der Waals surface area contributed by atoms with Crippen molar-refractivity contribution in [1.82, 2.24) is 0 Å². The van der Waals surface area contributed by atoms with E-state index in [1.54, 1.807) is 4.90 Å². The lowest BCUT2D eigenvalue weighted by molar-refractivity contribution is -0.117. The SMILES string of the molecule is CC(=O)N(CCC(=O)Nc1ccc(C)cc1C)c1ccc(OC(C)C)cc1. The molecule has 5 nitrogen and oxygen atoms in total. The van der Waals surface area contributed by atoms with E-state index in [2.05, 4.69) is 5.32 Å². The lowest BCUT2D eigenvalue weighted by Crippen LogP contribution is -2.32. The Kier molecular flexibility index (Phi) is 6.99. The van der Waals surface area contributed by atoms with Crippen molar-refractivity contribution >= 4 is 23.2 Å². The van der Waals surface area contributed by atoms with Crippen molar-refractivity contribution in [3.05, 3.63) is 53.6 Å². The topological polar surface area (TPSA) is 58.6 Å². The van der Waals surface area contributed by atoms with Gasteiger partial charge >= 0.3 is 0 Å². The maximum atomic E-state index is 12.3. The number of hydrogen-bond donors (Lipinski definition) is 1. The molecule has 0 unspecified atom stereocenters. The van der Waals surface area contributed by atoms with E-state index in [-0.39, 0.29) is 24.3 Å². The first-order valence-corrected chi connectivity index (χ1v) is 9.18. The van der Waals surface area contributed by atoms with E-state index < -0.39 is 0 Å². The Morgan fingerprint density at radius 2 is 1.74 bits per heavy atom. The predicted octanol–water partition coefficient (Wildman–Crippen LogP) is 4.47. The summed E-state index contributed by atoms with van der Waals surface area (Å²) in [6.45, 7) is 9.72. The van der Waals surface area contributed by atoms with E-state index in [1.807, 2.05) is 70.2 Å². The number of benzene rings is 2. The van der Waals surface area contributed by atoms with E-state index in [0.717, 1.165) is 28.3 Å². The Bertz CT molecular complexity index is 798. The quantitative estimate of drug-likeness (QED) is 0.784. The number of aryl methyl sites for hydroxylation is 2. The third-order valence-electron chi connectivity index (χ3n) is 4.12. The van der Waals surface area contributed by atoms with Crippen LogP contribution in [-0.4, -0.2) is 24.5 Å². The number of anilines is 2. The normalized spacial score (nSPS) is 10.6. The van der Waals surface area contributed by atoms with E-state index in [0.29, 0.717) is 6.54 Å². The lowest BCUT2D eigenvalue weighted by atomic mass is 10.1. The Balaban J connectivity index is 1.99. The van der Waals surface area contributed by atoms with Gasteiger partial charge in [0.25, 0.3) is 0 Å². The molecule has 0 saturated heterocycles. The number of ether oxygens (including phenoxy) is 1. The summed E-state index contributed by atoms with van der Waals surface area (Å²) >= 11 is 0. The van der Waals surface area contributed by atoms with Gasteiger partial charge in [0.2, 0.25) is 11.8 Å². The minimum Gasteiger partial charge on any atom is -0.491 e. The highest BCUT2D eigenvalue weighted by Gasteiger charge is 2.14. The first kappa shape index (κ1) is 20.5. The van der Waals surface area contributed by atoms with Gasteiger partial charge in [-0.2, -0.15) is 0 Å². The van der Waals surface area contributed by atoms with Crippen LogP contribution in [0.2, 0.25) is 0 Å². The number of hydrogen-bond acceptors (Lipinski definition) is 3. The average Bonchev–Trinajstić information content (AvgIpc) is 2.58. The molecule has 0 radical (unpaired) electrons. The highest BCUT2D eigenvalue weighted by molar-refractivity contribution is 5.95. The van der Waals surface area contributed by atoms with Gasteiger partial charge in [-0.1, -0.05) is 17.7 Å². The van der Waals surface area contributed by atoms with Crippen molar-refractivity contribution < 1.29 is 14.3 Å². The van der Waals surface area contributed by atoms with Gasteiger partial charge in [-0.15, -0.1) is 0 Å². The molecule has 0 fully saturated rings. The highest BCUT2D eigenvalue weighted by Crippen LogP contribution is 2.21. The summed E-state index contributed by atoms with van der Waals surface area (Å²) in [6, 6.07) is 13.2. The van der Waals surface area contributed by atoms with E-state index in [1.165, 1.54) is 6.92 Å². The Labute approximate surface area is 161 Å². The van der Waals surface area contributed by atoms with Gasteiger partial charge < -0.3 is 15.0 Å². The molecule has 0 heterocycles. The second kappa shape index (κ2) is 9.21. The molecule has 0 aliphatic carbocycles. The summed E-state index contributed by atoms with van der Waals surface area (Å²) in [4.78, 5) is 25.9. The van der Waals surface area contributed by atoms with Crippen LogP contribution in [0.5, 0.6) is 5.75 Å². The van der Waals surface area contributed by atoms with Gasteiger partial charge in [0.1, 0.15) is 5.75 Å². The highest BCUT2D eigenvalue weighted by atomic mass is 16.5. The molecule has 2 rings (SSSR count). The molecular weight excluding hydrogens is 340 g/mol. The van der Waals surface area contributed by atoms with Gasteiger partial charge in [-0.25, -0.2) is 0 Å². The van der Waals surface area contributed by atoms with Crippen molar-refractivity contribution in [3.63, 3.8) is 0 Å². The number of rotatable bonds is 7. The number of amides is 2. The third kappa shape index (κ3) is 6.13. The number of nitrogens with zero attached hydrogens (tertiary/aromatic N) is 1. The van der Waals surface area contributed by atoms with Crippen molar-refractivity contribution in [2.45, 2.75) is 47.1 Å². The molecule has 0 aliphatic rings. The number of carbonyl (C=O) groups is 2. The van der Waals surface area contributed by atoms with Crippen LogP contribution in [0.25, 0.3) is 0 Å². The smallest absolute Gasteiger partial charge is 0.226 e. The molecule has 1 N–H and O–H groups in total. The van der Waals surface area contributed by atoms with Crippen LogP contribution < -0.4 is 15.0 Å². The molecule has 0 atom stereocenters. The van der Waals surface area contributed by atoms with Crippen LogP contribution in [0, 0.1) is 13.8 Å². The first-order chi connectivity index (χ1) is 12.8. The molecule has 0 bridgehead atoms. The van der Waals surface area contributed by atoms with Crippen molar-refractivity contribution in [2.75, 3.05) is 16.8 Å². The summed E-state index contributed by atoms with van der Waals surface area (Å²) in [7, 11) is 0. The van der Waals surface area contributed by atoms with Crippen LogP contribution in [0.3, 0.4) is 0 Å². The summed E-state index contributed by atoms with van der Waals surface area (Å²) in [6.07, 6.45) is 0.311. The molecule has 0 spiro atoms. The molecule has 0 aliphatic heterocycles. The fourth-order valence-corrected chi connectivity index (χ4v) is 2.83. The summed E-state index contributed by atoms with van der Waals surface area (Å²) in [5, 5.41) is 2.92. The van der Waals surface area contributed by atoms with E-state index in [4.69, 9.17) is 4.74 Å². The van der Waals surface area contributed by atoms with Gasteiger partial charge in [0.15, 0.2) is 0 Å². The second-order valence-electron chi connectivity index (χ2n) is 6.95. The van der Waals surface area contributed by atoms with Gasteiger partial charge in [-0.3, -0.25) is 9.59 Å². The van der Waals surface area contributed by atoms with Crippen LogP contribution in [0.4, 0.5) is 11.4 Å². The Morgan fingerprint density at radius 3 is 2.30 bits per heavy atom. The monoisotopic (exact) mass is 368 g/mol. The van der Waals surface area contributed by atoms with Crippen molar-refractivity contribution in [3.8, 4) is 5.75 Å². The minimum absolute atomic E-state index is 0.0914. The van der Waals surface area contributed by atoms with E-state index >= 15 is 0 Å². The van der Waals surface area contributed by atoms with Gasteiger partial charge in [0, 0.05) is 31.3 Å². The zero-order valence-electron chi connectivity index (χ0n) is 16.7. The maximum Gasteiger partial charge on any atom is 0.226 e. The summed E-state index contributed by atoms with van der Waals surface area (Å²) in [5.41, 5.74) is 3.72. The number of carbonyl (C=O) groups excluding carboxylic acids is 2. The molecule has 5 heteroatoms. The van der Waals surface area contributed by atoms with Crippen LogP contribution in [0.1, 0.15) is 38.3 Å². The molecule has 2 aromatic carbocycles. The van der Waals surface area contributed by atoms with Crippen LogP contribution in [0.15, 0.2) is 42.5 Å². The second-order valence-corrected chi connectivity index (χ2v) is 6.95. The average molecular weight is 368 g/mol. The minimum atomic E-state index is -0.118. The molecule has 0 saturated carbocycles. The third-order valence-corrected chi connectivity index (χ3v) is 4.12. The van der Waals surface area contributed by atoms with Crippen LogP contribution >= 0.6 is 0 Å². The van der Waals surface area contributed by atoms with Gasteiger partial charge in [-0.05, 0) is 63.6 Å². The zero-order chi connectivity index (χ0) is 20.0. The molecule has 0 aromatic heterocycles. The summed E-state index contributed by atoms with van der Waals surface area (Å²) < 4.78 is 5.63.